The summed E-state index contributed by atoms with van der Waals surface area (Å²) >= 11 is 6.25. The molecule has 0 spiro atoms. The van der Waals surface area contributed by atoms with E-state index in [1.807, 2.05) is 25.3 Å². The smallest absolute Gasteiger partial charge is 0.138 e. The number of furan rings is 1. The SMILES string of the molecule is Cc1ccc(Cl)c2c(CCNC3CC3)coc12. The largest absolute Gasteiger partial charge is 0.464 e. The minimum absolute atomic E-state index is 0.755. The summed E-state index contributed by atoms with van der Waals surface area (Å²) in [5, 5.41) is 5.39. The van der Waals surface area contributed by atoms with Crippen LogP contribution in [0.2, 0.25) is 5.02 Å². The Morgan fingerprint density at radius 2 is 2.24 bits per heavy atom. The molecule has 1 aliphatic rings. The molecule has 0 saturated heterocycles. The molecule has 0 radical (unpaired) electrons. The highest BCUT2D eigenvalue weighted by molar-refractivity contribution is 6.35. The second kappa shape index (κ2) is 4.35. The van der Waals surface area contributed by atoms with Gasteiger partial charge in [-0.1, -0.05) is 17.7 Å². The average molecular weight is 250 g/mol. The van der Waals surface area contributed by atoms with Gasteiger partial charge < -0.3 is 9.73 Å². The van der Waals surface area contributed by atoms with E-state index in [-0.39, 0.29) is 0 Å². The van der Waals surface area contributed by atoms with E-state index >= 15 is 0 Å². The fourth-order valence-electron chi connectivity index (χ4n) is 2.19. The van der Waals surface area contributed by atoms with Crippen LogP contribution in [-0.4, -0.2) is 12.6 Å². The van der Waals surface area contributed by atoms with Crippen LogP contribution in [0.1, 0.15) is 24.0 Å². The highest BCUT2D eigenvalue weighted by Gasteiger charge is 2.20. The van der Waals surface area contributed by atoms with Crippen LogP contribution in [0.25, 0.3) is 11.0 Å². The maximum absolute atomic E-state index is 6.25. The fraction of sp³-hybridized carbons (Fsp3) is 0.429. The van der Waals surface area contributed by atoms with E-state index in [2.05, 4.69) is 5.32 Å². The summed E-state index contributed by atoms with van der Waals surface area (Å²) in [6, 6.07) is 4.71. The molecule has 90 valence electrons. The maximum Gasteiger partial charge on any atom is 0.138 e. The molecular weight excluding hydrogens is 234 g/mol. The third-order valence-corrected chi connectivity index (χ3v) is 3.66. The van der Waals surface area contributed by atoms with Crippen LogP contribution in [0.15, 0.2) is 22.8 Å². The lowest BCUT2D eigenvalue weighted by atomic mass is 10.1. The monoisotopic (exact) mass is 249 g/mol. The lowest BCUT2D eigenvalue weighted by molar-refractivity contribution is 0.603. The molecule has 17 heavy (non-hydrogen) atoms. The summed E-state index contributed by atoms with van der Waals surface area (Å²) in [6.45, 7) is 3.05. The van der Waals surface area contributed by atoms with E-state index in [1.54, 1.807) is 0 Å². The summed E-state index contributed by atoms with van der Waals surface area (Å²) in [6.07, 6.45) is 5.47. The van der Waals surface area contributed by atoms with E-state index < -0.39 is 0 Å². The lowest BCUT2D eigenvalue weighted by Gasteiger charge is -2.02. The number of nitrogens with one attached hydrogen (secondary N) is 1. The van der Waals surface area contributed by atoms with Gasteiger partial charge in [0.1, 0.15) is 5.58 Å². The molecule has 1 fully saturated rings. The molecule has 2 aromatic rings. The van der Waals surface area contributed by atoms with Crippen molar-refractivity contribution in [3.63, 3.8) is 0 Å². The minimum Gasteiger partial charge on any atom is -0.464 e. The topological polar surface area (TPSA) is 25.2 Å². The van der Waals surface area contributed by atoms with E-state index in [1.165, 1.54) is 18.4 Å². The highest BCUT2D eigenvalue weighted by Crippen LogP contribution is 2.31. The van der Waals surface area contributed by atoms with Gasteiger partial charge in [0.2, 0.25) is 0 Å². The van der Waals surface area contributed by atoms with Crippen LogP contribution in [0.3, 0.4) is 0 Å². The lowest BCUT2D eigenvalue weighted by Crippen LogP contribution is -2.19. The van der Waals surface area contributed by atoms with E-state index in [9.17, 15) is 0 Å². The van der Waals surface area contributed by atoms with Gasteiger partial charge in [-0.25, -0.2) is 0 Å². The number of hydrogen-bond acceptors (Lipinski definition) is 2. The normalized spacial score (nSPS) is 15.6. The molecule has 0 amide bonds. The van der Waals surface area contributed by atoms with Gasteiger partial charge in [-0.15, -0.1) is 0 Å². The van der Waals surface area contributed by atoms with Crippen molar-refractivity contribution >= 4 is 22.6 Å². The molecule has 0 bridgehead atoms. The zero-order valence-electron chi connectivity index (χ0n) is 9.92. The molecule has 2 nitrogen and oxygen atoms in total. The quantitative estimate of drug-likeness (QED) is 0.894. The molecule has 0 atom stereocenters. The number of halogens is 1. The fourth-order valence-corrected chi connectivity index (χ4v) is 2.46. The van der Waals surface area contributed by atoms with Crippen LogP contribution >= 0.6 is 11.6 Å². The molecule has 1 saturated carbocycles. The molecule has 3 rings (SSSR count). The van der Waals surface area contributed by atoms with Crippen molar-refractivity contribution in [3.8, 4) is 0 Å². The number of fused-ring (bicyclic) bond motifs is 1. The van der Waals surface area contributed by atoms with Crippen molar-refractivity contribution in [2.45, 2.75) is 32.2 Å². The molecule has 1 heterocycles. The number of benzene rings is 1. The predicted molar refractivity (Wildman–Crippen MR) is 70.7 cm³/mol. The van der Waals surface area contributed by atoms with Crippen LogP contribution in [0, 0.1) is 6.92 Å². The number of rotatable bonds is 4. The first kappa shape index (κ1) is 11.1. The minimum atomic E-state index is 0.755. The van der Waals surface area contributed by atoms with Crippen molar-refractivity contribution in [2.24, 2.45) is 0 Å². The summed E-state index contributed by atoms with van der Waals surface area (Å²) in [5.74, 6) is 0. The number of aryl methyl sites for hydroxylation is 1. The average Bonchev–Trinajstić information content (AvgIpc) is 3.03. The Kier molecular flexibility index (Phi) is 2.85. The molecule has 0 aliphatic heterocycles. The Morgan fingerprint density at radius 3 is 3.00 bits per heavy atom. The van der Waals surface area contributed by atoms with Crippen LogP contribution in [-0.2, 0) is 6.42 Å². The Labute approximate surface area is 106 Å². The standard InChI is InChI=1S/C14H16ClNO/c1-9-2-5-12(15)13-10(8-17-14(9)13)6-7-16-11-3-4-11/h2,5,8,11,16H,3-4,6-7H2,1H3. The van der Waals surface area contributed by atoms with Crippen molar-refractivity contribution in [1.29, 1.82) is 0 Å². The van der Waals surface area contributed by atoms with E-state index in [0.29, 0.717) is 0 Å². The summed E-state index contributed by atoms with van der Waals surface area (Å²) in [5.41, 5.74) is 3.28. The van der Waals surface area contributed by atoms with Gasteiger partial charge in [0.15, 0.2) is 0 Å². The van der Waals surface area contributed by atoms with Gasteiger partial charge >= 0.3 is 0 Å². The molecule has 0 unspecified atom stereocenters. The molecule has 1 aromatic carbocycles. The Bertz CT molecular complexity index is 542. The molecule has 1 aliphatic carbocycles. The van der Waals surface area contributed by atoms with Crippen LogP contribution in [0.4, 0.5) is 0 Å². The van der Waals surface area contributed by atoms with Gasteiger partial charge in [0.25, 0.3) is 0 Å². The second-order valence-electron chi connectivity index (χ2n) is 4.81. The van der Waals surface area contributed by atoms with E-state index in [4.69, 9.17) is 16.0 Å². The van der Waals surface area contributed by atoms with Crippen molar-refractivity contribution < 1.29 is 4.42 Å². The van der Waals surface area contributed by atoms with Crippen molar-refractivity contribution in [3.05, 3.63) is 34.5 Å². The van der Waals surface area contributed by atoms with Gasteiger partial charge in [-0.3, -0.25) is 0 Å². The Morgan fingerprint density at radius 1 is 1.41 bits per heavy atom. The molecule has 1 N–H and O–H groups in total. The molecule has 1 aromatic heterocycles. The summed E-state index contributed by atoms with van der Waals surface area (Å²) < 4.78 is 5.62. The summed E-state index contributed by atoms with van der Waals surface area (Å²) in [7, 11) is 0. The van der Waals surface area contributed by atoms with Crippen LogP contribution in [0.5, 0.6) is 0 Å². The van der Waals surface area contributed by atoms with Crippen molar-refractivity contribution in [1.82, 2.24) is 5.32 Å². The van der Waals surface area contributed by atoms with Gasteiger partial charge in [-0.05, 0) is 44.4 Å². The zero-order chi connectivity index (χ0) is 11.8. The second-order valence-corrected chi connectivity index (χ2v) is 5.21. The Balaban J connectivity index is 1.85. The van der Waals surface area contributed by atoms with Crippen molar-refractivity contribution in [2.75, 3.05) is 6.54 Å². The first-order chi connectivity index (χ1) is 8.25. The Hall–Kier alpha value is -0.990. The maximum atomic E-state index is 6.25. The summed E-state index contributed by atoms with van der Waals surface area (Å²) in [4.78, 5) is 0. The first-order valence-corrected chi connectivity index (χ1v) is 6.52. The van der Waals surface area contributed by atoms with Gasteiger partial charge in [0, 0.05) is 17.0 Å². The molecular formula is C14H16ClNO. The first-order valence-electron chi connectivity index (χ1n) is 6.14. The highest BCUT2D eigenvalue weighted by atomic mass is 35.5. The third kappa shape index (κ3) is 2.20. The number of hydrogen-bond donors (Lipinski definition) is 1. The predicted octanol–water partition coefficient (Wildman–Crippen LogP) is 3.69. The van der Waals surface area contributed by atoms with Gasteiger partial charge in [0.05, 0.1) is 11.3 Å². The third-order valence-electron chi connectivity index (χ3n) is 3.35. The van der Waals surface area contributed by atoms with E-state index in [0.717, 1.165) is 40.6 Å². The van der Waals surface area contributed by atoms with Crippen LogP contribution < -0.4 is 5.32 Å². The molecule has 3 heteroatoms. The van der Waals surface area contributed by atoms with Gasteiger partial charge in [-0.2, -0.15) is 0 Å². The zero-order valence-corrected chi connectivity index (χ0v) is 10.7.